The number of nitrogens with zero attached hydrogens (tertiary/aromatic N) is 2. The molecule has 0 bridgehead atoms. The van der Waals surface area contributed by atoms with Crippen LogP contribution in [0.2, 0.25) is 0 Å². The Kier molecular flexibility index (Phi) is 6.82. The van der Waals surface area contributed by atoms with Crippen molar-refractivity contribution in [1.82, 2.24) is 0 Å². The third-order valence-electron chi connectivity index (χ3n) is 2.78. The Hall–Kier alpha value is -2.11. The van der Waals surface area contributed by atoms with Crippen molar-refractivity contribution in [2.75, 3.05) is 12.0 Å². The van der Waals surface area contributed by atoms with Crippen molar-refractivity contribution in [1.29, 1.82) is 0 Å². The Balaban J connectivity index is 2.55. The summed E-state index contributed by atoms with van der Waals surface area (Å²) in [6, 6.07) is 5.29. The highest BCUT2D eigenvalue weighted by atomic mass is 16.6. The first kappa shape index (κ1) is 17.9. The highest BCUT2D eigenvalue weighted by molar-refractivity contribution is 5.65. The molecule has 0 unspecified atom stereocenters. The molecule has 4 atom stereocenters. The molecule has 0 aromatic heterocycles. The molecular weight excluding hydrogens is 298 g/mol. The second-order valence-electron chi connectivity index (χ2n) is 4.42. The fraction of sp³-hybridized carbons (Fsp3) is 0.417. The summed E-state index contributed by atoms with van der Waals surface area (Å²) in [6.07, 6.45) is -5.81. The quantitative estimate of drug-likeness (QED) is 0.190. The largest absolute Gasteiger partial charge is 0.394 e. The van der Waals surface area contributed by atoms with Crippen LogP contribution in [0.5, 0.6) is 0 Å². The molecule has 0 aliphatic rings. The number of anilines is 1. The third-order valence-corrected chi connectivity index (χ3v) is 2.78. The molecule has 6 N–H and O–H groups in total. The number of nitro benzene ring substituents is 1. The number of hydrogen-bond acceptors (Lipinski definition) is 9. The highest BCUT2D eigenvalue weighted by Crippen LogP contribution is 2.15. The summed E-state index contributed by atoms with van der Waals surface area (Å²) in [5, 5.41) is 60.3. The first-order valence-corrected chi connectivity index (χ1v) is 6.23. The van der Waals surface area contributed by atoms with Gasteiger partial charge in [-0.2, -0.15) is 5.10 Å². The minimum absolute atomic E-state index is 0.0916. The van der Waals surface area contributed by atoms with E-state index in [0.29, 0.717) is 5.69 Å². The molecular formula is C12H17N3O7. The fourth-order valence-corrected chi connectivity index (χ4v) is 1.47. The van der Waals surface area contributed by atoms with Crippen molar-refractivity contribution in [2.24, 2.45) is 5.10 Å². The van der Waals surface area contributed by atoms with Crippen LogP contribution in [-0.4, -0.2) is 67.7 Å². The van der Waals surface area contributed by atoms with E-state index in [1.807, 2.05) is 0 Å². The smallest absolute Gasteiger partial charge is 0.269 e. The molecule has 0 aliphatic carbocycles. The van der Waals surface area contributed by atoms with Gasteiger partial charge >= 0.3 is 0 Å². The second-order valence-corrected chi connectivity index (χ2v) is 4.42. The standard InChI is InChI=1S/C12H17N3O7/c16-6-10(18)12(20)11(19)9(17)5-13-14-7-1-3-8(4-2-7)15(21)22/h1-5,9-12,14,16-20H,6H2/t9-,10+,11+,12-/m0/s1. The maximum atomic E-state index is 10.5. The molecule has 0 amide bonds. The minimum atomic E-state index is -1.75. The Morgan fingerprint density at radius 3 is 2.27 bits per heavy atom. The van der Waals surface area contributed by atoms with Crippen molar-refractivity contribution in [3.05, 3.63) is 34.4 Å². The summed E-state index contributed by atoms with van der Waals surface area (Å²) in [7, 11) is 0. The molecule has 122 valence electrons. The number of non-ortho nitro benzene ring substituents is 1. The van der Waals surface area contributed by atoms with Crippen LogP contribution in [0.15, 0.2) is 29.4 Å². The van der Waals surface area contributed by atoms with Gasteiger partial charge in [0, 0.05) is 12.1 Å². The highest BCUT2D eigenvalue weighted by Gasteiger charge is 2.29. The Morgan fingerprint density at radius 1 is 1.18 bits per heavy atom. The van der Waals surface area contributed by atoms with Crippen LogP contribution in [0, 0.1) is 10.1 Å². The monoisotopic (exact) mass is 315 g/mol. The molecule has 0 aliphatic heterocycles. The Bertz CT molecular complexity index is 508. The van der Waals surface area contributed by atoms with Crippen molar-refractivity contribution < 1.29 is 30.5 Å². The van der Waals surface area contributed by atoms with E-state index >= 15 is 0 Å². The fourth-order valence-electron chi connectivity index (χ4n) is 1.47. The van der Waals surface area contributed by atoms with Crippen LogP contribution in [0.4, 0.5) is 11.4 Å². The molecule has 0 radical (unpaired) electrons. The van der Waals surface area contributed by atoms with E-state index in [1.54, 1.807) is 0 Å². The molecule has 10 heteroatoms. The van der Waals surface area contributed by atoms with Gasteiger partial charge in [0.1, 0.15) is 24.4 Å². The van der Waals surface area contributed by atoms with E-state index < -0.39 is 35.9 Å². The van der Waals surface area contributed by atoms with Crippen LogP contribution in [0.25, 0.3) is 0 Å². The van der Waals surface area contributed by atoms with E-state index in [9.17, 15) is 25.4 Å². The average molecular weight is 315 g/mol. The average Bonchev–Trinajstić information content (AvgIpc) is 2.52. The summed E-state index contributed by atoms with van der Waals surface area (Å²) in [6.45, 7) is -0.775. The zero-order valence-electron chi connectivity index (χ0n) is 11.4. The number of hydrazone groups is 1. The third kappa shape index (κ3) is 5.02. The lowest BCUT2D eigenvalue weighted by molar-refractivity contribution is -0.384. The van der Waals surface area contributed by atoms with Gasteiger partial charge < -0.3 is 25.5 Å². The molecule has 1 rings (SSSR count). The molecule has 1 aromatic rings. The SMILES string of the molecule is O=[N+]([O-])c1ccc(NN=C[C@H](O)[C@@H](O)[C@@H](O)[C@H](O)CO)cc1. The van der Waals surface area contributed by atoms with Gasteiger partial charge in [0.05, 0.1) is 23.4 Å². The van der Waals surface area contributed by atoms with Crippen LogP contribution in [-0.2, 0) is 0 Å². The number of nitrogens with one attached hydrogen (secondary N) is 1. The van der Waals surface area contributed by atoms with Gasteiger partial charge in [-0.15, -0.1) is 0 Å². The number of hydrogen-bond donors (Lipinski definition) is 6. The number of aliphatic hydroxyl groups is 5. The number of benzene rings is 1. The van der Waals surface area contributed by atoms with E-state index in [-0.39, 0.29) is 5.69 Å². The molecule has 22 heavy (non-hydrogen) atoms. The van der Waals surface area contributed by atoms with Gasteiger partial charge in [-0.3, -0.25) is 15.5 Å². The van der Waals surface area contributed by atoms with E-state index in [1.165, 1.54) is 24.3 Å². The lowest BCUT2D eigenvalue weighted by Gasteiger charge is -2.23. The topological polar surface area (TPSA) is 169 Å². The maximum absolute atomic E-state index is 10.5. The summed E-state index contributed by atoms with van der Waals surface area (Å²) in [5.41, 5.74) is 2.77. The normalized spacial score (nSPS) is 17.0. The van der Waals surface area contributed by atoms with Crippen LogP contribution in [0.1, 0.15) is 0 Å². The molecule has 0 fully saturated rings. The molecule has 0 saturated carbocycles. The van der Waals surface area contributed by atoms with Crippen LogP contribution >= 0.6 is 0 Å². The maximum Gasteiger partial charge on any atom is 0.269 e. The predicted octanol–water partition coefficient (Wildman–Crippen LogP) is -1.57. The Morgan fingerprint density at radius 2 is 1.77 bits per heavy atom. The summed E-state index contributed by atoms with van der Waals surface area (Å²) in [4.78, 5) is 9.91. The number of aliphatic hydroxyl groups excluding tert-OH is 5. The molecule has 10 nitrogen and oxygen atoms in total. The van der Waals surface area contributed by atoms with Crippen LogP contribution < -0.4 is 5.43 Å². The van der Waals surface area contributed by atoms with Gasteiger partial charge in [0.2, 0.25) is 0 Å². The van der Waals surface area contributed by atoms with Gasteiger partial charge in [0.15, 0.2) is 0 Å². The molecule has 1 aromatic carbocycles. The van der Waals surface area contributed by atoms with Crippen molar-refractivity contribution in [3.63, 3.8) is 0 Å². The van der Waals surface area contributed by atoms with Gasteiger partial charge in [-0.25, -0.2) is 0 Å². The molecule has 0 saturated heterocycles. The lowest BCUT2D eigenvalue weighted by Crippen LogP contribution is -2.46. The first-order valence-electron chi connectivity index (χ1n) is 6.23. The first-order chi connectivity index (χ1) is 10.4. The summed E-state index contributed by atoms with van der Waals surface area (Å²) in [5.74, 6) is 0. The van der Waals surface area contributed by atoms with Crippen molar-refractivity contribution in [3.8, 4) is 0 Å². The van der Waals surface area contributed by atoms with Crippen molar-refractivity contribution >= 4 is 17.6 Å². The second kappa shape index (κ2) is 8.36. The minimum Gasteiger partial charge on any atom is -0.394 e. The zero-order valence-corrected chi connectivity index (χ0v) is 11.4. The molecule has 0 spiro atoms. The summed E-state index contributed by atoms with van der Waals surface area (Å²) < 4.78 is 0. The summed E-state index contributed by atoms with van der Waals surface area (Å²) >= 11 is 0. The van der Waals surface area contributed by atoms with E-state index in [2.05, 4.69) is 10.5 Å². The molecule has 0 heterocycles. The van der Waals surface area contributed by atoms with Crippen molar-refractivity contribution in [2.45, 2.75) is 24.4 Å². The number of nitro groups is 1. The van der Waals surface area contributed by atoms with Gasteiger partial charge in [-0.05, 0) is 12.1 Å². The van der Waals surface area contributed by atoms with E-state index in [0.717, 1.165) is 6.21 Å². The number of rotatable bonds is 8. The Labute approximate surface area is 125 Å². The van der Waals surface area contributed by atoms with Gasteiger partial charge in [-0.1, -0.05) is 0 Å². The van der Waals surface area contributed by atoms with Gasteiger partial charge in [0.25, 0.3) is 5.69 Å². The predicted molar refractivity (Wildman–Crippen MR) is 76.3 cm³/mol. The van der Waals surface area contributed by atoms with E-state index in [4.69, 9.17) is 10.2 Å². The zero-order chi connectivity index (χ0) is 16.7. The lowest BCUT2D eigenvalue weighted by atomic mass is 10.0. The van der Waals surface area contributed by atoms with Crippen LogP contribution in [0.3, 0.4) is 0 Å².